The number of rotatable bonds is 4. The summed E-state index contributed by atoms with van der Waals surface area (Å²) in [6.45, 7) is 4.14. The third kappa shape index (κ3) is 4.98. The predicted octanol–water partition coefficient (Wildman–Crippen LogP) is 5.63. The maximum atomic E-state index is 12.5. The van der Waals surface area contributed by atoms with Crippen LogP contribution in [0.4, 0.5) is 18.9 Å². The molecule has 0 heterocycles. The summed E-state index contributed by atoms with van der Waals surface area (Å²) >= 11 is 0. The van der Waals surface area contributed by atoms with Crippen LogP contribution in [-0.2, 0) is 6.18 Å². The number of alkyl halides is 3. The highest BCUT2D eigenvalue weighted by Crippen LogP contribution is 2.29. The summed E-state index contributed by atoms with van der Waals surface area (Å²) in [7, 11) is 0. The van der Waals surface area contributed by atoms with Gasteiger partial charge in [-0.15, -0.1) is 0 Å². The monoisotopic (exact) mass is 333 g/mol. The zero-order chi connectivity index (χ0) is 17.7. The van der Waals surface area contributed by atoms with Crippen LogP contribution in [-0.4, -0.2) is 5.91 Å². The number of carbonyl (C=O) groups excluding carboxylic acids is 1. The number of allylic oxidation sites excluding steroid dienone is 1. The second-order valence-corrected chi connectivity index (χ2v) is 5.75. The van der Waals surface area contributed by atoms with Crippen LogP contribution in [0.15, 0.2) is 54.6 Å². The second-order valence-electron chi connectivity index (χ2n) is 5.75. The summed E-state index contributed by atoms with van der Waals surface area (Å²) in [5.74, 6) is 0.0711. The average molecular weight is 333 g/mol. The van der Waals surface area contributed by atoms with Crippen molar-refractivity contribution in [2.45, 2.75) is 20.0 Å². The summed E-state index contributed by atoms with van der Waals surface area (Å²) in [5, 5.41) is 2.58. The van der Waals surface area contributed by atoms with Crippen LogP contribution in [0.2, 0.25) is 0 Å². The molecule has 1 N–H and O–H groups in total. The Kier molecular flexibility index (Phi) is 5.44. The summed E-state index contributed by atoms with van der Waals surface area (Å²) in [4.78, 5) is 12.1. The van der Waals surface area contributed by atoms with Gasteiger partial charge in [-0.25, -0.2) is 0 Å². The number of hydrogen-bond donors (Lipinski definition) is 1. The van der Waals surface area contributed by atoms with Gasteiger partial charge in [-0.2, -0.15) is 13.2 Å². The summed E-state index contributed by atoms with van der Waals surface area (Å²) in [6.07, 6.45) is -0.360. The lowest BCUT2D eigenvalue weighted by molar-refractivity contribution is -0.137. The van der Waals surface area contributed by atoms with Crippen molar-refractivity contribution >= 4 is 17.7 Å². The molecule has 0 saturated heterocycles. The molecule has 0 aromatic heterocycles. The van der Waals surface area contributed by atoms with Crippen LogP contribution in [0, 0.1) is 5.92 Å². The predicted molar refractivity (Wildman–Crippen MR) is 89.7 cm³/mol. The van der Waals surface area contributed by atoms with E-state index in [0.717, 1.165) is 17.7 Å². The molecular formula is C19H18F3NO. The number of amides is 1. The van der Waals surface area contributed by atoms with Crippen molar-refractivity contribution in [3.63, 3.8) is 0 Å². The van der Waals surface area contributed by atoms with Crippen molar-refractivity contribution in [2.75, 3.05) is 5.32 Å². The van der Waals surface area contributed by atoms with E-state index in [2.05, 4.69) is 25.2 Å². The number of nitrogens with one attached hydrogen (secondary N) is 1. The SMILES string of the molecule is CC(C)C=Cc1ccc(C(=O)Nc2ccc(C(F)(F)F)cc2)cc1. The first-order valence-electron chi connectivity index (χ1n) is 7.52. The van der Waals surface area contributed by atoms with Crippen molar-refractivity contribution in [3.05, 3.63) is 71.3 Å². The van der Waals surface area contributed by atoms with E-state index in [1.165, 1.54) is 12.1 Å². The maximum Gasteiger partial charge on any atom is 0.416 e. The van der Waals surface area contributed by atoms with Gasteiger partial charge in [0.25, 0.3) is 5.91 Å². The number of hydrogen-bond acceptors (Lipinski definition) is 1. The fourth-order valence-electron chi connectivity index (χ4n) is 1.99. The first-order valence-corrected chi connectivity index (χ1v) is 7.52. The highest BCUT2D eigenvalue weighted by atomic mass is 19.4. The average Bonchev–Trinajstić information content (AvgIpc) is 2.53. The first kappa shape index (κ1) is 17.8. The van der Waals surface area contributed by atoms with E-state index in [1.807, 2.05) is 18.2 Å². The molecule has 0 unspecified atom stereocenters. The summed E-state index contributed by atoms with van der Waals surface area (Å²) in [5.41, 5.74) is 0.991. The van der Waals surface area contributed by atoms with Gasteiger partial charge in [0, 0.05) is 11.3 Å². The van der Waals surface area contributed by atoms with E-state index in [9.17, 15) is 18.0 Å². The van der Waals surface area contributed by atoms with Gasteiger partial charge in [0.2, 0.25) is 0 Å². The lowest BCUT2D eigenvalue weighted by Gasteiger charge is -2.09. The van der Waals surface area contributed by atoms with Crippen LogP contribution < -0.4 is 5.32 Å². The van der Waals surface area contributed by atoms with Crippen LogP contribution >= 0.6 is 0 Å². The molecule has 2 rings (SSSR count). The van der Waals surface area contributed by atoms with Crippen LogP contribution in [0.25, 0.3) is 6.08 Å². The molecule has 0 aliphatic rings. The Bertz CT molecular complexity index is 714. The van der Waals surface area contributed by atoms with Crippen molar-refractivity contribution in [1.29, 1.82) is 0 Å². The van der Waals surface area contributed by atoms with E-state index >= 15 is 0 Å². The van der Waals surface area contributed by atoms with Crippen molar-refractivity contribution < 1.29 is 18.0 Å². The van der Waals surface area contributed by atoms with E-state index in [-0.39, 0.29) is 5.91 Å². The number of anilines is 1. The minimum Gasteiger partial charge on any atom is -0.322 e. The Morgan fingerprint density at radius 3 is 2.08 bits per heavy atom. The van der Waals surface area contributed by atoms with Crippen LogP contribution in [0.1, 0.15) is 35.3 Å². The summed E-state index contributed by atoms with van der Waals surface area (Å²) in [6, 6.07) is 11.4. The Morgan fingerprint density at radius 1 is 1.00 bits per heavy atom. The fourth-order valence-corrected chi connectivity index (χ4v) is 1.99. The smallest absolute Gasteiger partial charge is 0.322 e. The largest absolute Gasteiger partial charge is 0.416 e. The number of halogens is 3. The van der Waals surface area contributed by atoms with Crippen molar-refractivity contribution in [2.24, 2.45) is 5.92 Å². The fraction of sp³-hybridized carbons (Fsp3) is 0.211. The third-order valence-corrected chi connectivity index (χ3v) is 3.32. The lowest BCUT2D eigenvalue weighted by Crippen LogP contribution is -2.12. The minimum atomic E-state index is -4.39. The van der Waals surface area contributed by atoms with E-state index in [4.69, 9.17) is 0 Å². The first-order chi connectivity index (χ1) is 11.3. The molecule has 0 bridgehead atoms. The van der Waals surface area contributed by atoms with Gasteiger partial charge in [0.1, 0.15) is 0 Å². The van der Waals surface area contributed by atoms with Gasteiger partial charge in [-0.05, 0) is 47.9 Å². The lowest BCUT2D eigenvalue weighted by atomic mass is 10.1. The number of benzene rings is 2. The third-order valence-electron chi connectivity index (χ3n) is 3.32. The van der Waals surface area contributed by atoms with Crippen molar-refractivity contribution in [3.8, 4) is 0 Å². The van der Waals surface area contributed by atoms with Crippen LogP contribution in [0.5, 0.6) is 0 Å². The topological polar surface area (TPSA) is 29.1 Å². The molecule has 0 aliphatic heterocycles. The molecule has 24 heavy (non-hydrogen) atoms. The molecule has 2 nitrogen and oxygen atoms in total. The van der Waals surface area contributed by atoms with Gasteiger partial charge >= 0.3 is 6.18 Å². The molecule has 0 atom stereocenters. The molecule has 5 heteroatoms. The normalized spacial score (nSPS) is 11.9. The van der Waals surface area contributed by atoms with Crippen LogP contribution in [0.3, 0.4) is 0 Å². The Labute approximate surface area is 139 Å². The maximum absolute atomic E-state index is 12.5. The highest BCUT2D eigenvalue weighted by Gasteiger charge is 2.29. The van der Waals surface area contributed by atoms with E-state index in [1.54, 1.807) is 12.1 Å². The quantitative estimate of drug-likeness (QED) is 0.772. The standard InChI is InChI=1S/C19H18F3NO/c1-13(2)3-4-14-5-7-15(8-6-14)18(24)23-17-11-9-16(10-12-17)19(20,21)22/h3-13H,1-2H3,(H,23,24). The van der Waals surface area contributed by atoms with Gasteiger partial charge in [0.05, 0.1) is 5.56 Å². The molecule has 126 valence electrons. The zero-order valence-corrected chi connectivity index (χ0v) is 13.4. The molecule has 0 fully saturated rings. The van der Waals surface area contributed by atoms with Gasteiger partial charge in [-0.1, -0.05) is 38.1 Å². The zero-order valence-electron chi connectivity index (χ0n) is 13.4. The highest BCUT2D eigenvalue weighted by molar-refractivity contribution is 6.04. The second kappa shape index (κ2) is 7.34. The summed E-state index contributed by atoms with van der Waals surface area (Å²) < 4.78 is 37.5. The molecule has 0 saturated carbocycles. The molecule has 2 aromatic carbocycles. The Morgan fingerprint density at radius 2 is 1.58 bits per heavy atom. The van der Waals surface area contributed by atoms with E-state index in [0.29, 0.717) is 17.2 Å². The molecule has 0 spiro atoms. The minimum absolute atomic E-state index is 0.316. The molecule has 1 amide bonds. The Balaban J connectivity index is 2.04. The Hall–Kier alpha value is -2.56. The number of carbonyl (C=O) groups is 1. The van der Waals surface area contributed by atoms with E-state index < -0.39 is 11.7 Å². The van der Waals surface area contributed by atoms with Crippen molar-refractivity contribution in [1.82, 2.24) is 0 Å². The molecule has 2 aromatic rings. The molecule has 0 radical (unpaired) electrons. The van der Waals surface area contributed by atoms with Gasteiger partial charge < -0.3 is 5.32 Å². The van der Waals surface area contributed by atoms with Gasteiger partial charge in [0.15, 0.2) is 0 Å². The van der Waals surface area contributed by atoms with Gasteiger partial charge in [-0.3, -0.25) is 4.79 Å². The molecule has 0 aliphatic carbocycles. The molecular weight excluding hydrogens is 315 g/mol.